The second-order valence-electron chi connectivity index (χ2n) is 7.69. The Bertz CT molecular complexity index is 1050. The molecule has 1 unspecified atom stereocenters. The zero-order valence-electron chi connectivity index (χ0n) is 18.9. The number of nitrogens with one attached hydrogen (secondary N) is 3. The number of anilines is 1. The predicted molar refractivity (Wildman–Crippen MR) is 117 cm³/mol. The number of halogens is 1. The van der Waals surface area contributed by atoms with Crippen molar-refractivity contribution in [3.63, 3.8) is 0 Å². The largest absolute Gasteiger partial charge is 0.391 e. The van der Waals surface area contributed by atoms with Crippen molar-refractivity contribution in [3.05, 3.63) is 52.1 Å². The number of carbonyl (C=O) groups excluding carboxylic acids is 3. The van der Waals surface area contributed by atoms with Gasteiger partial charge in [0.05, 0.1) is 17.4 Å². The van der Waals surface area contributed by atoms with Crippen molar-refractivity contribution in [3.8, 4) is 0 Å². The number of hydrogen-bond acceptors (Lipinski definition) is 5. The van der Waals surface area contributed by atoms with E-state index in [0.717, 1.165) is 0 Å². The number of benzene rings is 1. The average molecular weight is 448 g/mol. The van der Waals surface area contributed by atoms with Gasteiger partial charge in [-0.25, -0.2) is 4.39 Å². The van der Waals surface area contributed by atoms with E-state index in [-0.39, 0.29) is 11.3 Å². The normalized spacial score (nSPS) is 13.8. The Morgan fingerprint density at radius 1 is 1.09 bits per heavy atom. The molecule has 1 aromatic carbocycles. The number of nitrogens with zero attached hydrogens (tertiary/aromatic N) is 1. The molecule has 32 heavy (non-hydrogen) atoms. The molecule has 9 nitrogen and oxygen atoms in total. The molecule has 0 saturated heterocycles. The van der Waals surface area contributed by atoms with Gasteiger partial charge >= 0.3 is 0 Å². The van der Waals surface area contributed by atoms with Gasteiger partial charge in [0.2, 0.25) is 5.91 Å². The van der Waals surface area contributed by atoms with Crippen molar-refractivity contribution >= 4 is 23.4 Å². The number of aromatic nitrogens is 1. The van der Waals surface area contributed by atoms with Crippen LogP contribution >= 0.6 is 0 Å². The molecular formula is C22H29FN4O5. The summed E-state index contributed by atoms with van der Waals surface area (Å²) in [5.41, 5.74) is 2.08. The van der Waals surface area contributed by atoms with Gasteiger partial charge in [-0.2, -0.15) is 0 Å². The zero-order chi connectivity index (χ0) is 24.3. The van der Waals surface area contributed by atoms with Crippen LogP contribution in [0.1, 0.15) is 45.9 Å². The number of aliphatic hydroxyl groups excluding tert-OH is 2. The molecule has 5 N–H and O–H groups in total. The third-order valence-corrected chi connectivity index (χ3v) is 5.44. The maximum absolute atomic E-state index is 13.5. The van der Waals surface area contributed by atoms with E-state index in [0.29, 0.717) is 22.5 Å². The van der Waals surface area contributed by atoms with Crippen molar-refractivity contribution in [2.24, 2.45) is 7.05 Å². The number of amides is 3. The summed E-state index contributed by atoms with van der Waals surface area (Å²) in [5.74, 6) is -2.38. The summed E-state index contributed by atoms with van der Waals surface area (Å²) in [6.45, 7) is 6.17. The fourth-order valence-corrected chi connectivity index (χ4v) is 3.56. The molecule has 0 aliphatic rings. The fourth-order valence-electron chi connectivity index (χ4n) is 3.56. The SMILES string of the molecule is CNC(=O)[C@H](NC(=O)C(O)c1c(C)c(C(=O)Nc2ccc(F)c(C)c2)c(C)n1C)[C@@H](C)O. The molecule has 0 fully saturated rings. The smallest absolute Gasteiger partial charge is 0.257 e. The molecule has 0 radical (unpaired) electrons. The highest BCUT2D eigenvalue weighted by molar-refractivity contribution is 6.06. The van der Waals surface area contributed by atoms with E-state index in [1.807, 2.05) is 0 Å². The molecule has 0 aliphatic heterocycles. The molecule has 174 valence electrons. The molecule has 0 spiro atoms. The van der Waals surface area contributed by atoms with Crippen molar-refractivity contribution < 1.29 is 29.0 Å². The van der Waals surface area contributed by atoms with E-state index < -0.39 is 41.8 Å². The first-order valence-corrected chi connectivity index (χ1v) is 10.0. The van der Waals surface area contributed by atoms with Gasteiger partial charge in [0, 0.05) is 25.5 Å². The van der Waals surface area contributed by atoms with Crippen LogP contribution < -0.4 is 16.0 Å². The molecule has 1 heterocycles. The summed E-state index contributed by atoms with van der Waals surface area (Å²) in [5, 5.41) is 27.8. The van der Waals surface area contributed by atoms with Crippen molar-refractivity contribution in [2.75, 3.05) is 12.4 Å². The minimum Gasteiger partial charge on any atom is -0.391 e. The number of likely N-dealkylation sites (N-methyl/N-ethyl adjacent to an activating group) is 1. The van der Waals surface area contributed by atoms with E-state index in [2.05, 4.69) is 16.0 Å². The van der Waals surface area contributed by atoms with Crippen LogP contribution in [0.15, 0.2) is 18.2 Å². The first-order chi connectivity index (χ1) is 14.9. The van der Waals surface area contributed by atoms with E-state index in [4.69, 9.17) is 0 Å². The summed E-state index contributed by atoms with van der Waals surface area (Å²) >= 11 is 0. The van der Waals surface area contributed by atoms with E-state index in [1.54, 1.807) is 27.8 Å². The molecule has 0 aliphatic carbocycles. The van der Waals surface area contributed by atoms with E-state index in [1.165, 1.54) is 36.7 Å². The van der Waals surface area contributed by atoms with Crippen molar-refractivity contribution in [1.82, 2.24) is 15.2 Å². The van der Waals surface area contributed by atoms with Crippen molar-refractivity contribution in [2.45, 2.75) is 45.9 Å². The lowest BCUT2D eigenvalue weighted by atomic mass is 10.1. The summed E-state index contributed by atoms with van der Waals surface area (Å²) < 4.78 is 15.0. The summed E-state index contributed by atoms with van der Waals surface area (Å²) in [6, 6.07) is 2.93. The zero-order valence-corrected chi connectivity index (χ0v) is 18.9. The molecule has 0 saturated carbocycles. The molecule has 0 bridgehead atoms. The summed E-state index contributed by atoms with van der Waals surface area (Å²) in [7, 11) is 2.95. The van der Waals surface area contributed by atoms with Crippen LogP contribution in [0.25, 0.3) is 0 Å². The van der Waals surface area contributed by atoms with Crippen LogP contribution in [-0.2, 0) is 16.6 Å². The van der Waals surface area contributed by atoms with Gasteiger partial charge in [-0.3, -0.25) is 14.4 Å². The molecule has 2 aromatic rings. The predicted octanol–water partition coefficient (Wildman–Crippen LogP) is 0.987. The maximum Gasteiger partial charge on any atom is 0.257 e. The highest BCUT2D eigenvalue weighted by atomic mass is 19.1. The minimum atomic E-state index is -1.70. The quantitative estimate of drug-likeness (QED) is 0.431. The highest BCUT2D eigenvalue weighted by Gasteiger charge is 2.32. The highest BCUT2D eigenvalue weighted by Crippen LogP contribution is 2.28. The average Bonchev–Trinajstić information content (AvgIpc) is 2.95. The number of rotatable bonds is 7. The van der Waals surface area contributed by atoms with Crippen LogP contribution in [0.3, 0.4) is 0 Å². The van der Waals surface area contributed by atoms with Crippen LogP contribution in [0.2, 0.25) is 0 Å². The summed E-state index contributed by atoms with van der Waals surface area (Å²) in [6.07, 6.45) is -2.89. The van der Waals surface area contributed by atoms with E-state index in [9.17, 15) is 29.0 Å². The van der Waals surface area contributed by atoms with E-state index >= 15 is 0 Å². The lowest BCUT2D eigenvalue weighted by Gasteiger charge is -2.22. The third-order valence-electron chi connectivity index (χ3n) is 5.44. The monoisotopic (exact) mass is 448 g/mol. The Kier molecular flexibility index (Phi) is 7.76. The Labute approximate surface area is 185 Å². The maximum atomic E-state index is 13.5. The first-order valence-electron chi connectivity index (χ1n) is 10.0. The number of hydrogen-bond donors (Lipinski definition) is 5. The fraction of sp³-hybridized carbons (Fsp3) is 0.409. The Morgan fingerprint density at radius 3 is 2.25 bits per heavy atom. The Morgan fingerprint density at radius 2 is 1.72 bits per heavy atom. The Balaban J connectivity index is 2.33. The first kappa shape index (κ1) is 25.0. The Hall–Kier alpha value is -3.24. The standard InChI is InChI=1S/C22H29FN4O5/c1-10-9-14(7-8-15(10)23)25-20(30)16-11(2)18(27(6)12(16)3)19(29)22(32)26-17(13(4)28)21(31)24-5/h7-9,13,17,19,28-29H,1-6H3,(H,24,31)(H,25,30)(H,26,32)/t13-,17-,19?/m1/s1. The summed E-state index contributed by atoms with van der Waals surface area (Å²) in [4.78, 5) is 37.5. The molecule has 1 aromatic heterocycles. The second kappa shape index (κ2) is 9.92. The van der Waals surface area contributed by atoms with Crippen LogP contribution in [0.4, 0.5) is 10.1 Å². The lowest BCUT2D eigenvalue weighted by Crippen LogP contribution is -2.52. The van der Waals surface area contributed by atoms with Gasteiger partial charge in [-0.05, 0) is 57.0 Å². The number of aliphatic hydroxyl groups is 2. The molecule has 3 amide bonds. The van der Waals surface area contributed by atoms with Gasteiger partial charge < -0.3 is 30.7 Å². The molecular weight excluding hydrogens is 419 g/mol. The van der Waals surface area contributed by atoms with Gasteiger partial charge in [-0.1, -0.05) is 0 Å². The molecule has 3 atom stereocenters. The minimum absolute atomic E-state index is 0.168. The van der Waals surface area contributed by atoms with Gasteiger partial charge in [0.1, 0.15) is 11.9 Å². The van der Waals surface area contributed by atoms with Gasteiger partial charge in [-0.15, -0.1) is 0 Å². The second-order valence-corrected chi connectivity index (χ2v) is 7.69. The molecule has 2 rings (SSSR count). The number of aryl methyl sites for hydroxylation is 1. The third kappa shape index (κ3) is 4.97. The molecule has 10 heteroatoms. The van der Waals surface area contributed by atoms with Crippen LogP contribution in [0, 0.1) is 26.6 Å². The van der Waals surface area contributed by atoms with Crippen molar-refractivity contribution in [1.29, 1.82) is 0 Å². The lowest BCUT2D eigenvalue weighted by molar-refractivity contribution is -0.136. The number of carbonyl (C=O) groups is 3. The van der Waals surface area contributed by atoms with Crippen LogP contribution in [0.5, 0.6) is 0 Å². The van der Waals surface area contributed by atoms with Crippen LogP contribution in [-0.4, -0.2) is 51.7 Å². The topological polar surface area (TPSA) is 133 Å². The van der Waals surface area contributed by atoms with Gasteiger partial charge in [0.25, 0.3) is 11.8 Å². The van der Waals surface area contributed by atoms with Gasteiger partial charge in [0.15, 0.2) is 6.10 Å².